The standard InChI is InChI=1S/C14H10ClNO/c1-10-7-8-17-14(10)13(15)12(9-16)11-5-3-2-4-6-11/h2-8H,1H3. The van der Waals surface area contributed by atoms with Crippen LogP contribution in [-0.2, 0) is 0 Å². The molecule has 2 aromatic rings. The molecule has 0 unspecified atom stereocenters. The zero-order chi connectivity index (χ0) is 12.3. The monoisotopic (exact) mass is 243 g/mol. The fourth-order valence-corrected chi connectivity index (χ4v) is 1.90. The second-order valence-corrected chi connectivity index (χ2v) is 3.98. The zero-order valence-corrected chi connectivity index (χ0v) is 10.0. The molecule has 0 aliphatic heterocycles. The molecule has 2 rings (SSSR count). The quantitative estimate of drug-likeness (QED) is 0.741. The Morgan fingerprint density at radius 3 is 2.47 bits per heavy atom. The second-order valence-electron chi connectivity index (χ2n) is 3.60. The van der Waals surface area contributed by atoms with E-state index in [1.54, 1.807) is 6.26 Å². The summed E-state index contributed by atoms with van der Waals surface area (Å²) in [6.45, 7) is 1.89. The molecule has 0 aliphatic rings. The summed E-state index contributed by atoms with van der Waals surface area (Å²) in [6, 6.07) is 13.3. The van der Waals surface area contributed by atoms with Crippen molar-refractivity contribution in [3.05, 3.63) is 59.5 Å². The molecule has 0 saturated carbocycles. The molecule has 0 N–H and O–H groups in total. The van der Waals surface area contributed by atoms with E-state index in [2.05, 4.69) is 6.07 Å². The topological polar surface area (TPSA) is 36.9 Å². The van der Waals surface area contributed by atoms with Crippen molar-refractivity contribution in [2.24, 2.45) is 0 Å². The first-order chi connectivity index (χ1) is 8.24. The van der Waals surface area contributed by atoms with Crippen LogP contribution in [0.4, 0.5) is 0 Å². The molecular formula is C14H10ClNO. The van der Waals surface area contributed by atoms with Crippen molar-refractivity contribution < 1.29 is 4.42 Å². The van der Waals surface area contributed by atoms with Crippen LogP contribution in [0.1, 0.15) is 16.9 Å². The molecule has 0 atom stereocenters. The summed E-state index contributed by atoms with van der Waals surface area (Å²) < 4.78 is 5.29. The first-order valence-corrected chi connectivity index (χ1v) is 5.51. The maximum absolute atomic E-state index is 9.21. The van der Waals surface area contributed by atoms with E-state index in [1.165, 1.54) is 0 Å². The molecule has 1 aromatic heterocycles. The van der Waals surface area contributed by atoms with E-state index in [4.69, 9.17) is 16.0 Å². The molecule has 0 aliphatic carbocycles. The van der Waals surface area contributed by atoms with Gasteiger partial charge in [0.2, 0.25) is 0 Å². The lowest BCUT2D eigenvalue weighted by Crippen LogP contribution is -1.86. The Labute approximate surface area is 105 Å². The Morgan fingerprint density at radius 1 is 1.24 bits per heavy atom. The Kier molecular flexibility index (Phi) is 3.32. The lowest BCUT2D eigenvalue weighted by Gasteiger charge is -2.02. The van der Waals surface area contributed by atoms with Crippen molar-refractivity contribution in [3.63, 3.8) is 0 Å². The van der Waals surface area contributed by atoms with Gasteiger partial charge in [-0.05, 0) is 24.1 Å². The third kappa shape index (κ3) is 2.25. The maximum Gasteiger partial charge on any atom is 0.149 e. The summed E-state index contributed by atoms with van der Waals surface area (Å²) in [5.74, 6) is 0.548. The SMILES string of the molecule is Cc1ccoc1C(Cl)=C(C#N)c1ccccc1. The van der Waals surface area contributed by atoms with Gasteiger partial charge in [-0.15, -0.1) is 0 Å². The van der Waals surface area contributed by atoms with Crippen molar-refractivity contribution in [3.8, 4) is 6.07 Å². The number of allylic oxidation sites excluding steroid dienone is 1. The first kappa shape index (κ1) is 11.5. The van der Waals surface area contributed by atoms with Crippen molar-refractivity contribution in [2.75, 3.05) is 0 Å². The Hall–Kier alpha value is -1.98. The summed E-state index contributed by atoms with van der Waals surface area (Å²) in [7, 11) is 0. The van der Waals surface area contributed by atoms with Gasteiger partial charge >= 0.3 is 0 Å². The minimum absolute atomic E-state index is 0.348. The van der Waals surface area contributed by atoms with Gasteiger partial charge in [0.15, 0.2) is 0 Å². The van der Waals surface area contributed by atoms with Gasteiger partial charge in [-0.25, -0.2) is 0 Å². The predicted molar refractivity (Wildman–Crippen MR) is 68.2 cm³/mol. The number of rotatable bonds is 2. The minimum atomic E-state index is 0.348. The van der Waals surface area contributed by atoms with E-state index in [9.17, 15) is 5.26 Å². The van der Waals surface area contributed by atoms with Crippen LogP contribution in [0.15, 0.2) is 47.1 Å². The normalized spacial score (nSPS) is 11.8. The Morgan fingerprint density at radius 2 is 1.94 bits per heavy atom. The number of halogens is 1. The van der Waals surface area contributed by atoms with Crippen LogP contribution in [0.25, 0.3) is 10.6 Å². The van der Waals surface area contributed by atoms with Crippen LogP contribution < -0.4 is 0 Å². The van der Waals surface area contributed by atoms with Gasteiger partial charge in [0.05, 0.1) is 11.8 Å². The average molecular weight is 244 g/mol. The molecule has 2 nitrogen and oxygen atoms in total. The summed E-state index contributed by atoms with van der Waals surface area (Å²) in [5, 5.41) is 9.55. The van der Waals surface area contributed by atoms with Gasteiger partial charge in [-0.3, -0.25) is 0 Å². The molecule has 3 heteroatoms. The molecule has 0 fully saturated rings. The Bertz CT molecular complexity index is 590. The first-order valence-electron chi connectivity index (χ1n) is 5.14. The number of hydrogen-bond donors (Lipinski definition) is 0. The number of benzene rings is 1. The van der Waals surface area contributed by atoms with Crippen LogP contribution in [-0.4, -0.2) is 0 Å². The molecule has 84 valence electrons. The van der Waals surface area contributed by atoms with Crippen LogP contribution in [0, 0.1) is 18.3 Å². The zero-order valence-electron chi connectivity index (χ0n) is 9.27. The predicted octanol–water partition coefficient (Wildman–Crippen LogP) is 4.22. The van der Waals surface area contributed by atoms with Crippen LogP contribution in [0.5, 0.6) is 0 Å². The minimum Gasteiger partial charge on any atom is -0.463 e. The van der Waals surface area contributed by atoms with Gasteiger partial charge in [0, 0.05) is 0 Å². The molecule has 1 heterocycles. The highest BCUT2D eigenvalue weighted by atomic mass is 35.5. The molecular weight excluding hydrogens is 234 g/mol. The lowest BCUT2D eigenvalue weighted by molar-refractivity contribution is 0.554. The number of aryl methyl sites for hydroxylation is 1. The highest BCUT2D eigenvalue weighted by molar-refractivity contribution is 6.53. The van der Waals surface area contributed by atoms with Crippen molar-refractivity contribution >= 4 is 22.2 Å². The number of nitriles is 1. The highest BCUT2D eigenvalue weighted by Gasteiger charge is 2.13. The van der Waals surface area contributed by atoms with Crippen LogP contribution in [0.3, 0.4) is 0 Å². The van der Waals surface area contributed by atoms with Crippen molar-refractivity contribution in [2.45, 2.75) is 6.92 Å². The molecule has 0 spiro atoms. The summed E-state index contributed by atoms with van der Waals surface area (Å²) >= 11 is 6.22. The smallest absolute Gasteiger partial charge is 0.149 e. The molecule has 0 bridgehead atoms. The summed E-state index contributed by atoms with van der Waals surface area (Å²) in [6.07, 6.45) is 1.56. The van der Waals surface area contributed by atoms with Gasteiger partial charge in [-0.1, -0.05) is 41.9 Å². The second kappa shape index (κ2) is 4.90. The van der Waals surface area contributed by atoms with E-state index < -0.39 is 0 Å². The molecule has 0 amide bonds. The number of nitrogens with zero attached hydrogens (tertiary/aromatic N) is 1. The average Bonchev–Trinajstić information content (AvgIpc) is 2.77. The van der Waals surface area contributed by atoms with Crippen molar-refractivity contribution in [1.82, 2.24) is 0 Å². The summed E-state index contributed by atoms with van der Waals surface area (Å²) in [5.41, 5.74) is 2.12. The van der Waals surface area contributed by atoms with E-state index in [-0.39, 0.29) is 0 Å². The third-order valence-electron chi connectivity index (χ3n) is 2.46. The molecule has 0 saturated heterocycles. The number of hydrogen-bond acceptors (Lipinski definition) is 2. The molecule has 1 aromatic carbocycles. The highest BCUT2D eigenvalue weighted by Crippen LogP contribution is 2.31. The summed E-state index contributed by atoms with van der Waals surface area (Å²) in [4.78, 5) is 0. The van der Waals surface area contributed by atoms with Gasteiger partial charge in [0.25, 0.3) is 0 Å². The van der Waals surface area contributed by atoms with Crippen LogP contribution >= 0.6 is 11.6 Å². The van der Waals surface area contributed by atoms with Gasteiger partial charge in [0.1, 0.15) is 16.9 Å². The number of furan rings is 1. The molecule has 0 radical (unpaired) electrons. The van der Waals surface area contributed by atoms with Gasteiger partial charge < -0.3 is 4.42 Å². The van der Waals surface area contributed by atoms with E-state index in [1.807, 2.05) is 43.3 Å². The van der Waals surface area contributed by atoms with E-state index in [0.29, 0.717) is 16.4 Å². The van der Waals surface area contributed by atoms with Crippen molar-refractivity contribution in [1.29, 1.82) is 5.26 Å². The maximum atomic E-state index is 9.21. The van der Waals surface area contributed by atoms with Crippen LogP contribution in [0.2, 0.25) is 0 Å². The Balaban J connectivity index is 2.57. The third-order valence-corrected chi connectivity index (χ3v) is 2.82. The van der Waals surface area contributed by atoms with E-state index >= 15 is 0 Å². The van der Waals surface area contributed by atoms with Gasteiger partial charge in [-0.2, -0.15) is 5.26 Å². The fourth-order valence-electron chi connectivity index (χ4n) is 1.56. The lowest BCUT2D eigenvalue weighted by atomic mass is 10.1. The fraction of sp³-hybridized carbons (Fsp3) is 0.0714. The largest absolute Gasteiger partial charge is 0.463 e. The van der Waals surface area contributed by atoms with E-state index in [0.717, 1.165) is 11.1 Å². The molecule has 17 heavy (non-hydrogen) atoms.